The average Bonchev–Trinajstić information content (AvgIpc) is 3.21. The Morgan fingerprint density at radius 3 is 2.54 bits per heavy atom. The van der Waals surface area contributed by atoms with Crippen molar-refractivity contribution in [3.63, 3.8) is 0 Å². The fraction of sp³-hybridized carbons (Fsp3) is 0.0417. The van der Waals surface area contributed by atoms with Gasteiger partial charge in [0, 0.05) is 29.7 Å². The molecule has 1 N–H and O–H groups in total. The van der Waals surface area contributed by atoms with Crippen LogP contribution in [0.25, 0.3) is 28.1 Å². The van der Waals surface area contributed by atoms with Gasteiger partial charge < -0.3 is 14.4 Å². The van der Waals surface area contributed by atoms with Gasteiger partial charge in [-0.25, -0.2) is 0 Å². The Morgan fingerprint density at radius 2 is 1.75 bits per heavy atom. The van der Waals surface area contributed by atoms with E-state index in [1.807, 2.05) is 42.1 Å². The van der Waals surface area contributed by atoms with E-state index in [2.05, 4.69) is 24.3 Å². The maximum Gasteiger partial charge on any atom is 0.235 e. The molecule has 1 aromatic heterocycles. The van der Waals surface area contributed by atoms with Crippen molar-refractivity contribution in [2.24, 2.45) is 7.05 Å². The molecule has 0 atom stereocenters. The number of aromatic hydroxyl groups is 1. The van der Waals surface area contributed by atoms with E-state index >= 15 is 0 Å². The van der Waals surface area contributed by atoms with Crippen molar-refractivity contribution in [1.82, 2.24) is 4.57 Å². The summed E-state index contributed by atoms with van der Waals surface area (Å²) in [4.78, 5) is 12.8. The van der Waals surface area contributed by atoms with Gasteiger partial charge in [0.05, 0.1) is 0 Å². The first-order chi connectivity index (χ1) is 13.6. The lowest BCUT2D eigenvalue weighted by molar-refractivity contribution is 0.101. The molecule has 1 aliphatic rings. The summed E-state index contributed by atoms with van der Waals surface area (Å²) in [6, 6.07) is 21.2. The van der Waals surface area contributed by atoms with Crippen molar-refractivity contribution in [2.45, 2.75) is 0 Å². The van der Waals surface area contributed by atoms with Crippen LogP contribution in [-0.4, -0.2) is 15.5 Å². The van der Waals surface area contributed by atoms with E-state index in [0.29, 0.717) is 5.75 Å². The first-order valence-corrected chi connectivity index (χ1v) is 9.03. The number of Topliss-reactive ketones (excluding diaryl/α,β-unsaturated/α-hetero) is 1. The van der Waals surface area contributed by atoms with Crippen LogP contribution in [0.15, 0.2) is 78.7 Å². The van der Waals surface area contributed by atoms with Gasteiger partial charge in [-0.15, -0.1) is 0 Å². The number of rotatable bonds is 2. The maximum atomic E-state index is 12.8. The summed E-state index contributed by atoms with van der Waals surface area (Å²) in [6.07, 6.45) is 3.75. The van der Waals surface area contributed by atoms with Gasteiger partial charge in [-0.3, -0.25) is 4.79 Å². The summed E-state index contributed by atoms with van der Waals surface area (Å²) in [5, 5.41) is 11.1. The molecule has 4 nitrogen and oxygen atoms in total. The quantitative estimate of drug-likeness (QED) is 0.498. The number of allylic oxidation sites excluding steroid dienone is 1. The largest absolute Gasteiger partial charge is 0.507 e. The predicted molar refractivity (Wildman–Crippen MR) is 109 cm³/mol. The van der Waals surface area contributed by atoms with Gasteiger partial charge in [-0.05, 0) is 35.4 Å². The van der Waals surface area contributed by atoms with Crippen LogP contribution in [0.1, 0.15) is 15.9 Å². The van der Waals surface area contributed by atoms with Crippen LogP contribution in [0.3, 0.4) is 0 Å². The van der Waals surface area contributed by atoms with Crippen LogP contribution in [0, 0.1) is 0 Å². The average molecular weight is 367 g/mol. The summed E-state index contributed by atoms with van der Waals surface area (Å²) in [5.74, 6) is 0.239. The number of aromatic nitrogens is 1. The molecule has 4 aromatic rings. The van der Waals surface area contributed by atoms with E-state index in [4.69, 9.17) is 4.74 Å². The van der Waals surface area contributed by atoms with Crippen molar-refractivity contribution in [2.75, 3.05) is 0 Å². The minimum absolute atomic E-state index is 0.0613. The Morgan fingerprint density at radius 1 is 0.964 bits per heavy atom. The Labute approximate surface area is 161 Å². The molecule has 1 aliphatic heterocycles. The molecule has 28 heavy (non-hydrogen) atoms. The summed E-state index contributed by atoms with van der Waals surface area (Å²) in [5.41, 5.74) is 4.39. The number of carbonyl (C=O) groups excluding carboxylic acids is 1. The van der Waals surface area contributed by atoms with E-state index in [1.54, 1.807) is 18.2 Å². The second-order valence-corrected chi connectivity index (χ2v) is 6.85. The molecule has 0 radical (unpaired) electrons. The van der Waals surface area contributed by atoms with Gasteiger partial charge in [0.25, 0.3) is 0 Å². The minimum Gasteiger partial charge on any atom is -0.507 e. The van der Waals surface area contributed by atoms with Crippen molar-refractivity contribution in [1.29, 1.82) is 0 Å². The molecule has 136 valence electrons. The highest BCUT2D eigenvalue weighted by Crippen LogP contribution is 2.39. The summed E-state index contributed by atoms with van der Waals surface area (Å²) in [6.45, 7) is 0. The fourth-order valence-electron chi connectivity index (χ4n) is 3.80. The van der Waals surface area contributed by atoms with Crippen LogP contribution in [-0.2, 0) is 7.05 Å². The highest BCUT2D eigenvalue weighted by atomic mass is 16.5. The van der Waals surface area contributed by atoms with Crippen LogP contribution >= 0.6 is 0 Å². The maximum absolute atomic E-state index is 12.8. The second kappa shape index (κ2) is 6.13. The number of aryl methyl sites for hydroxylation is 1. The molecular formula is C24H17NO3. The first kappa shape index (κ1) is 16.4. The Balaban J connectivity index is 1.70. The number of hydrogen-bond donors (Lipinski definition) is 1. The molecule has 5 rings (SSSR count). The zero-order valence-corrected chi connectivity index (χ0v) is 15.2. The molecule has 0 aliphatic carbocycles. The molecule has 0 fully saturated rings. The lowest BCUT2D eigenvalue weighted by Gasteiger charge is -2.06. The molecule has 0 saturated carbocycles. The highest BCUT2D eigenvalue weighted by Gasteiger charge is 2.30. The lowest BCUT2D eigenvalue weighted by Crippen LogP contribution is -1.98. The molecule has 0 spiro atoms. The van der Waals surface area contributed by atoms with Gasteiger partial charge >= 0.3 is 0 Å². The number of ether oxygens (including phenoxy) is 1. The summed E-state index contributed by atoms with van der Waals surface area (Å²) in [7, 11) is 1.98. The lowest BCUT2D eigenvalue weighted by atomic mass is 9.98. The van der Waals surface area contributed by atoms with Gasteiger partial charge in [-0.1, -0.05) is 48.5 Å². The summed E-state index contributed by atoms with van der Waals surface area (Å²) >= 11 is 0. The van der Waals surface area contributed by atoms with Crippen LogP contribution in [0.2, 0.25) is 0 Å². The van der Waals surface area contributed by atoms with Gasteiger partial charge in [-0.2, -0.15) is 0 Å². The SMILES string of the molecule is Cn1cc(C=C2Oc3cccc(O)c3C2=O)c2c(-c3ccccc3)cccc21. The number of fused-ring (bicyclic) bond motifs is 2. The highest BCUT2D eigenvalue weighted by molar-refractivity contribution is 6.17. The third kappa shape index (κ3) is 2.42. The number of ketones is 1. The van der Waals surface area contributed by atoms with E-state index in [9.17, 15) is 9.90 Å². The molecule has 2 heterocycles. The first-order valence-electron chi connectivity index (χ1n) is 9.03. The normalized spacial score (nSPS) is 14.5. The van der Waals surface area contributed by atoms with Crippen LogP contribution in [0.5, 0.6) is 11.5 Å². The third-order valence-corrected chi connectivity index (χ3v) is 5.09. The number of nitrogens with zero attached hydrogens (tertiary/aromatic N) is 1. The molecule has 0 saturated heterocycles. The van der Waals surface area contributed by atoms with E-state index < -0.39 is 0 Å². The second-order valence-electron chi connectivity index (χ2n) is 6.85. The number of benzene rings is 3. The molecule has 0 unspecified atom stereocenters. The standard InChI is InChI=1S/C24H17NO3/c1-25-14-16(13-21-24(27)23-19(26)11-6-12-20(23)28-21)22-17(9-5-10-18(22)25)15-7-3-2-4-8-15/h2-14,26H,1H3. The topological polar surface area (TPSA) is 51.5 Å². The molecule has 0 bridgehead atoms. The summed E-state index contributed by atoms with van der Waals surface area (Å²) < 4.78 is 7.79. The van der Waals surface area contributed by atoms with E-state index in [1.165, 1.54) is 6.07 Å². The predicted octanol–water partition coefficient (Wildman–Crippen LogP) is 5.17. The smallest absolute Gasteiger partial charge is 0.235 e. The Hall–Kier alpha value is -3.79. The Kier molecular flexibility index (Phi) is 3.59. The monoisotopic (exact) mass is 367 g/mol. The number of phenolic OH excluding ortho intramolecular Hbond substituents is 1. The van der Waals surface area contributed by atoms with Crippen molar-refractivity contribution in [3.05, 3.63) is 89.8 Å². The third-order valence-electron chi connectivity index (χ3n) is 5.09. The van der Waals surface area contributed by atoms with Gasteiger partial charge in [0.15, 0.2) is 5.76 Å². The zero-order valence-electron chi connectivity index (χ0n) is 15.2. The van der Waals surface area contributed by atoms with Crippen molar-refractivity contribution < 1.29 is 14.6 Å². The van der Waals surface area contributed by atoms with Crippen LogP contribution < -0.4 is 4.74 Å². The van der Waals surface area contributed by atoms with Crippen molar-refractivity contribution >= 4 is 22.8 Å². The molecular weight excluding hydrogens is 350 g/mol. The zero-order chi connectivity index (χ0) is 19.3. The molecule has 4 heteroatoms. The molecule has 0 amide bonds. The fourth-order valence-corrected chi connectivity index (χ4v) is 3.80. The van der Waals surface area contributed by atoms with Crippen molar-refractivity contribution in [3.8, 4) is 22.6 Å². The molecule has 3 aromatic carbocycles. The number of phenols is 1. The van der Waals surface area contributed by atoms with Crippen LogP contribution in [0.4, 0.5) is 0 Å². The van der Waals surface area contributed by atoms with E-state index in [0.717, 1.165) is 27.6 Å². The Bertz CT molecular complexity index is 1270. The van der Waals surface area contributed by atoms with Gasteiger partial charge in [0.1, 0.15) is 17.1 Å². The minimum atomic E-state index is -0.303. The van der Waals surface area contributed by atoms with Gasteiger partial charge in [0.2, 0.25) is 5.78 Å². The van der Waals surface area contributed by atoms with E-state index in [-0.39, 0.29) is 22.9 Å². The number of hydrogen-bond acceptors (Lipinski definition) is 3. The number of carbonyl (C=O) groups is 1.